The second-order valence-corrected chi connectivity index (χ2v) is 106. The Labute approximate surface area is 709 Å². The molecule has 0 heterocycles. The summed E-state index contributed by atoms with van der Waals surface area (Å²) >= 11 is 0. The van der Waals surface area contributed by atoms with Crippen LogP contribution in [0.4, 0.5) is 0 Å². The van der Waals surface area contributed by atoms with Crippen LogP contribution in [0.5, 0.6) is 0 Å². The molecule has 0 radical (unpaired) electrons. The van der Waals surface area contributed by atoms with E-state index in [1.807, 2.05) is 6.92 Å². The molecule has 10 N–H and O–H groups in total. The first-order valence-electron chi connectivity index (χ1n) is 41.9. The van der Waals surface area contributed by atoms with Crippen molar-refractivity contribution in [3.05, 3.63) is 0 Å². The Morgan fingerprint density at radius 1 is 0.265 bits per heavy atom. The highest BCUT2D eigenvalue weighted by molar-refractivity contribution is 6.91. The zero-order valence-corrected chi connectivity index (χ0v) is 94.7. The van der Waals surface area contributed by atoms with Gasteiger partial charge in [-0.05, 0) is 291 Å². The van der Waals surface area contributed by atoms with Gasteiger partial charge in [0.15, 0.2) is 83.2 Å². The van der Waals surface area contributed by atoms with Crippen molar-refractivity contribution in [3.63, 3.8) is 0 Å². The number of aliphatic hydroxyl groups excluding tert-OH is 10. The zero-order chi connectivity index (χ0) is 89.7. The molecule has 40 heteroatoms. The van der Waals surface area contributed by atoms with E-state index in [9.17, 15) is 20.4 Å². The van der Waals surface area contributed by atoms with Crippen LogP contribution < -0.4 is 0 Å². The lowest BCUT2D eigenvalue weighted by Crippen LogP contribution is -2.53. The summed E-state index contributed by atoms with van der Waals surface area (Å²) in [6.45, 7) is 84.2. The summed E-state index contributed by atoms with van der Waals surface area (Å²) in [6, 6.07) is 4.68. The summed E-state index contributed by atoms with van der Waals surface area (Å²) < 4.78 is 91.9. The van der Waals surface area contributed by atoms with Crippen LogP contribution in [0.3, 0.4) is 0 Å². The van der Waals surface area contributed by atoms with Crippen molar-refractivity contribution in [2.45, 2.75) is 343 Å². The van der Waals surface area contributed by atoms with Crippen LogP contribution in [0.15, 0.2) is 0 Å². The van der Waals surface area contributed by atoms with Crippen molar-refractivity contribution in [2.24, 2.45) is 17.3 Å². The molecular formula is C73H186O25Si15. The van der Waals surface area contributed by atoms with E-state index < -0.39 is 150 Å². The highest BCUT2D eigenvalue weighted by atomic mass is 28.5. The Morgan fingerprint density at radius 3 is 0.814 bits per heavy atom. The lowest BCUT2D eigenvalue weighted by atomic mass is 9.95. The third-order valence-electron chi connectivity index (χ3n) is 14.8. The Bertz CT molecular complexity index is 2220. The number of unbranched alkanes of at least 4 members (excludes halogenated alkanes) is 4. The molecule has 0 aliphatic heterocycles. The topological polar surface area (TPSA) is 341 Å². The van der Waals surface area contributed by atoms with Crippen LogP contribution in [-0.4, -0.2) is 308 Å². The summed E-state index contributed by atoms with van der Waals surface area (Å²) in [5, 5.41) is 90.5. The molecule has 0 saturated heterocycles. The SMILES string of the molecule is CC(CO)(CO)COCCC[Si](C)(O[Si](C)(C)C)O[Si](C)(C)C.CC(COCC(O)CO)C[Si](C)(O[Si](C)(C)C)O[Si](C)(C)C.C[Si](C)(C)O[Si](C)(CCCCCCCOCC(O)CO)O[Si](C)(C)C.C[Si](C)(C)O[Si](C)(CCCOC(CO)CO)O[Si](C)(C)C.C[Si](C)(C)O[Si](C)(CCCOCC(CO)CO)O[Si](C)(C)C. The molecule has 25 nitrogen and oxygen atoms in total. The van der Waals surface area contributed by atoms with E-state index in [0.29, 0.717) is 52.2 Å². The number of rotatable bonds is 61. The highest BCUT2D eigenvalue weighted by Crippen LogP contribution is 2.32. The van der Waals surface area contributed by atoms with Crippen LogP contribution in [-0.2, 0) is 64.8 Å². The van der Waals surface area contributed by atoms with E-state index in [2.05, 4.69) is 236 Å². The first-order valence-corrected chi connectivity index (χ1v) is 88.6. The van der Waals surface area contributed by atoms with Gasteiger partial charge in [-0.2, -0.15) is 0 Å². The fourth-order valence-electron chi connectivity index (χ4n) is 12.3. The second kappa shape index (κ2) is 58.5. The minimum absolute atomic E-state index is 0.0412. The van der Waals surface area contributed by atoms with E-state index in [1.165, 1.54) is 19.3 Å². The van der Waals surface area contributed by atoms with Crippen molar-refractivity contribution in [3.8, 4) is 0 Å². The number of hydrogen-bond acceptors (Lipinski definition) is 25. The normalized spacial score (nSPS) is 14.7. The molecule has 0 aromatic rings. The van der Waals surface area contributed by atoms with Gasteiger partial charge in [0.1, 0.15) is 18.3 Å². The molecule has 688 valence electrons. The van der Waals surface area contributed by atoms with E-state index in [1.54, 1.807) is 0 Å². The van der Waals surface area contributed by atoms with Crippen molar-refractivity contribution in [2.75, 3.05) is 112 Å². The summed E-state index contributed by atoms with van der Waals surface area (Å²) in [5.41, 5.74) is -0.565. The molecule has 0 bridgehead atoms. The minimum Gasteiger partial charge on any atom is -0.437 e. The maximum absolute atomic E-state index is 9.30. The average molecular weight is 1890 g/mol. The van der Waals surface area contributed by atoms with Gasteiger partial charge in [-0.15, -0.1) is 0 Å². The Morgan fingerprint density at radius 2 is 0.522 bits per heavy atom. The van der Waals surface area contributed by atoms with Gasteiger partial charge in [-0.3, -0.25) is 0 Å². The maximum atomic E-state index is 9.30. The van der Waals surface area contributed by atoms with Gasteiger partial charge in [0.25, 0.3) is 0 Å². The van der Waals surface area contributed by atoms with Crippen molar-refractivity contribution in [1.29, 1.82) is 0 Å². The first-order chi connectivity index (χ1) is 50.7. The standard InChI is InChI=1S/C17H42O5Si3.C15H38O5Si3.2C14H36O5Si3.C13H34O5Si3/c1-23(2,3)21-25(7,22-24(4,5)6)14-12-10-8-9-11-13-20-16-17(19)15-18;1-15(12-16,13-17)14-18-10-9-11-23(8,19-21(2,3)4)20-22(5,6)7;1-13(10-17-11-14(16)9-15)12-22(8,18-20(2,3)4)19-21(5,6)7;1-20(2,3)18-22(7,19-21(4,5)6)10-8-9-17-13-14(11-15)12-16;1-19(2,3)17-21(7,18-20(4,5)6)10-8-9-16-13(11-14)12-15/h17-19H,8-16H2,1-7H3;16-17H,9-14H2,1-8H3;13-16H,9-12H2,1-8H3;14-16H,8-13H2,1-7H3;13-15H,8-12H2,1-7H3. The molecule has 113 heavy (non-hydrogen) atoms. The summed E-state index contributed by atoms with van der Waals surface area (Å²) in [4.78, 5) is 0. The average Bonchev–Trinajstić information content (AvgIpc) is 0.889. The van der Waals surface area contributed by atoms with Crippen LogP contribution >= 0.6 is 0 Å². The third kappa shape index (κ3) is 83.6. The predicted octanol–water partition coefficient (Wildman–Crippen LogP) is 15.3. The van der Waals surface area contributed by atoms with Crippen molar-refractivity contribution < 1.29 is 116 Å². The van der Waals surface area contributed by atoms with E-state index in [-0.39, 0.29) is 72.0 Å². The molecule has 0 saturated carbocycles. The first kappa shape index (κ1) is 124. The van der Waals surface area contributed by atoms with Gasteiger partial charge in [0, 0.05) is 44.4 Å². The van der Waals surface area contributed by atoms with Crippen LogP contribution in [0.25, 0.3) is 0 Å². The third-order valence-corrected chi connectivity index (χ3v) is 63.0. The van der Waals surface area contributed by atoms with Crippen LogP contribution in [0, 0.1) is 17.3 Å². The lowest BCUT2D eigenvalue weighted by Gasteiger charge is -2.39. The lowest BCUT2D eigenvalue weighted by molar-refractivity contribution is -0.0195. The van der Waals surface area contributed by atoms with Gasteiger partial charge in [-0.25, -0.2) is 0 Å². The van der Waals surface area contributed by atoms with E-state index in [4.69, 9.17) is 95.5 Å². The molecule has 0 aliphatic carbocycles. The number of hydrogen-bond donors (Lipinski definition) is 10. The monoisotopic (exact) mass is 1880 g/mol. The molecule has 0 amide bonds. The van der Waals surface area contributed by atoms with Crippen LogP contribution in [0.1, 0.15) is 65.2 Å². The molecule has 3 atom stereocenters. The molecule has 3 unspecified atom stereocenters. The summed E-state index contributed by atoms with van der Waals surface area (Å²) in [5.74, 6) is 0.121. The highest BCUT2D eigenvalue weighted by Gasteiger charge is 2.45. The molecule has 0 aromatic carbocycles. The largest absolute Gasteiger partial charge is 0.437 e. The molecule has 0 spiro atoms. The minimum atomic E-state index is -2.24. The summed E-state index contributed by atoms with van der Waals surface area (Å²) in [6.07, 6.45) is 6.27. The maximum Gasteiger partial charge on any atom is 0.314 e. The molecular weight excluding hydrogens is 1700 g/mol. The Hall–Kier alpha value is 2.25. The van der Waals surface area contributed by atoms with E-state index >= 15 is 0 Å². The molecule has 0 aliphatic rings. The number of aliphatic hydroxyl groups is 10. The molecule has 0 rings (SSSR count). The Balaban J connectivity index is -0.000000431. The van der Waals surface area contributed by atoms with Crippen molar-refractivity contribution >= 4 is 126 Å². The van der Waals surface area contributed by atoms with E-state index in [0.717, 1.165) is 62.3 Å². The molecule has 0 fully saturated rings. The van der Waals surface area contributed by atoms with Crippen molar-refractivity contribution in [1.82, 2.24) is 0 Å². The quantitative estimate of drug-likeness (QED) is 0.0200. The van der Waals surface area contributed by atoms with Gasteiger partial charge >= 0.3 is 42.8 Å². The van der Waals surface area contributed by atoms with Gasteiger partial charge < -0.3 is 116 Å². The fourth-order valence-corrected chi connectivity index (χ4v) is 75.4. The smallest absolute Gasteiger partial charge is 0.314 e. The summed E-state index contributed by atoms with van der Waals surface area (Å²) in [7, 11) is -27.3. The second-order valence-electron chi connectivity index (χ2n) is 41.6. The zero-order valence-electron chi connectivity index (χ0n) is 79.7. The Kier molecular flexibility index (Phi) is 64.1. The fraction of sp³-hybridized carbons (Fsp3) is 1.00. The van der Waals surface area contributed by atoms with Gasteiger partial charge in [-0.1, -0.05) is 39.5 Å². The number of ether oxygens (including phenoxy) is 5. The molecule has 0 aromatic heterocycles. The predicted molar refractivity (Wildman–Crippen MR) is 506 cm³/mol. The van der Waals surface area contributed by atoms with Gasteiger partial charge in [0.05, 0.1) is 79.3 Å². The van der Waals surface area contributed by atoms with Gasteiger partial charge in [0.2, 0.25) is 0 Å². The van der Waals surface area contributed by atoms with Crippen LogP contribution in [0.2, 0.25) is 259 Å².